The molecular weight excluding hydrogens is 182 g/mol. The highest BCUT2D eigenvalue weighted by molar-refractivity contribution is 7.99. The normalized spacial score (nSPS) is 25.5. The molecule has 2 fully saturated rings. The van der Waals surface area contributed by atoms with Gasteiger partial charge in [0, 0.05) is 5.25 Å². The van der Waals surface area contributed by atoms with Gasteiger partial charge in [0.1, 0.15) is 5.03 Å². The van der Waals surface area contributed by atoms with E-state index in [1.807, 2.05) is 18.0 Å². The maximum absolute atomic E-state index is 4.06. The lowest BCUT2D eigenvalue weighted by Gasteiger charge is -2.53. The Morgan fingerprint density at radius 3 is 2.85 bits per heavy atom. The molecule has 3 nitrogen and oxygen atoms in total. The Balaban J connectivity index is 1.54. The van der Waals surface area contributed by atoms with Gasteiger partial charge in [-0.05, 0) is 31.1 Å². The summed E-state index contributed by atoms with van der Waals surface area (Å²) in [6.07, 6.45) is 9.04. The summed E-state index contributed by atoms with van der Waals surface area (Å²) in [6.45, 7) is 0. The largest absolute Gasteiger partial charge is 0.197 e. The molecule has 4 heteroatoms. The van der Waals surface area contributed by atoms with E-state index in [1.165, 1.54) is 32.1 Å². The van der Waals surface area contributed by atoms with Crippen LogP contribution < -0.4 is 0 Å². The van der Waals surface area contributed by atoms with Crippen LogP contribution in [-0.4, -0.2) is 20.7 Å². The molecule has 1 aromatic heterocycles. The van der Waals surface area contributed by atoms with Gasteiger partial charge in [-0.3, -0.25) is 0 Å². The molecule has 0 saturated heterocycles. The monoisotopic (exact) mass is 195 g/mol. The number of H-pyrrole nitrogens is 1. The van der Waals surface area contributed by atoms with Gasteiger partial charge in [-0.15, -0.1) is 5.10 Å². The van der Waals surface area contributed by atoms with Crippen LogP contribution in [-0.2, 0) is 0 Å². The lowest BCUT2D eigenvalue weighted by atomic mass is 9.56. The molecule has 0 unspecified atom stereocenters. The Bertz CT molecular complexity index is 284. The first kappa shape index (κ1) is 7.85. The number of aromatic amines is 1. The number of aromatic nitrogens is 3. The number of hydrogen-bond donors (Lipinski definition) is 1. The summed E-state index contributed by atoms with van der Waals surface area (Å²) < 4.78 is 0. The van der Waals surface area contributed by atoms with Crippen molar-refractivity contribution in [1.82, 2.24) is 15.4 Å². The van der Waals surface area contributed by atoms with E-state index in [0.29, 0.717) is 0 Å². The van der Waals surface area contributed by atoms with Crippen LogP contribution in [0.5, 0.6) is 0 Å². The summed E-state index contributed by atoms with van der Waals surface area (Å²) in [4.78, 5) is 0. The van der Waals surface area contributed by atoms with Crippen LogP contribution in [0.3, 0.4) is 0 Å². The molecule has 2 aliphatic rings. The molecule has 0 radical (unpaired) electrons. The molecule has 1 heterocycles. The van der Waals surface area contributed by atoms with Gasteiger partial charge in [0.2, 0.25) is 0 Å². The Labute approximate surface area is 81.7 Å². The third kappa shape index (κ3) is 1.27. The number of nitrogens with zero attached hydrogens (tertiary/aromatic N) is 2. The highest BCUT2D eigenvalue weighted by Crippen LogP contribution is 2.59. The average molecular weight is 195 g/mol. The highest BCUT2D eigenvalue weighted by Gasteiger charge is 2.48. The molecule has 1 N–H and O–H groups in total. The van der Waals surface area contributed by atoms with Crippen molar-refractivity contribution in [3.8, 4) is 0 Å². The van der Waals surface area contributed by atoms with Gasteiger partial charge in [-0.25, -0.2) is 0 Å². The zero-order chi connectivity index (χ0) is 8.73. The minimum atomic E-state index is 0.779. The second-order valence-electron chi connectivity index (χ2n) is 4.31. The molecule has 0 bridgehead atoms. The first-order valence-corrected chi connectivity index (χ1v) is 5.77. The molecule has 0 aliphatic heterocycles. The quantitative estimate of drug-likeness (QED) is 0.786. The number of nitrogens with one attached hydrogen (secondary N) is 1. The molecule has 2 saturated carbocycles. The van der Waals surface area contributed by atoms with E-state index < -0.39 is 0 Å². The lowest BCUT2D eigenvalue weighted by Crippen LogP contribution is -2.44. The summed E-state index contributed by atoms with van der Waals surface area (Å²) in [5, 5.41) is 12.4. The topological polar surface area (TPSA) is 41.6 Å². The fourth-order valence-corrected chi connectivity index (χ4v) is 3.92. The molecule has 3 rings (SSSR count). The molecule has 1 spiro atoms. The molecule has 2 aliphatic carbocycles. The Hall–Kier alpha value is -0.510. The van der Waals surface area contributed by atoms with Crippen LogP contribution in [0.4, 0.5) is 0 Å². The van der Waals surface area contributed by atoms with Crippen molar-refractivity contribution in [2.24, 2.45) is 5.41 Å². The maximum atomic E-state index is 4.06. The molecule has 70 valence electrons. The van der Waals surface area contributed by atoms with Crippen molar-refractivity contribution in [3.05, 3.63) is 6.20 Å². The van der Waals surface area contributed by atoms with Crippen LogP contribution >= 0.6 is 11.8 Å². The van der Waals surface area contributed by atoms with Gasteiger partial charge < -0.3 is 0 Å². The smallest absolute Gasteiger partial charge is 0.138 e. The van der Waals surface area contributed by atoms with E-state index in [4.69, 9.17) is 0 Å². The Morgan fingerprint density at radius 2 is 2.31 bits per heavy atom. The maximum Gasteiger partial charge on any atom is 0.138 e. The summed E-state index contributed by atoms with van der Waals surface area (Å²) in [5.41, 5.74) is 0.779. The predicted octanol–water partition coefficient (Wildman–Crippen LogP) is 2.23. The van der Waals surface area contributed by atoms with E-state index in [-0.39, 0.29) is 0 Å². The van der Waals surface area contributed by atoms with Crippen molar-refractivity contribution in [3.63, 3.8) is 0 Å². The zero-order valence-electron chi connectivity index (χ0n) is 7.49. The second kappa shape index (κ2) is 2.74. The van der Waals surface area contributed by atoms with Crippen LogP contribution in [0.15, 0.2) is 11.2 Å². The van der Waals surface area contributed by atoms with Crippen molar-refractivity contribution in [2.75, 3.05) is 0 Å². The fourth-order valence-electron chi connectivity index (χ4n) is 2.49. The van der Waals surface area contributed by atoms with Gasteiger partial charge in [-0.1, -0.05) is 18.2 Å². The molecule has 13 heavy (non-hydrogen) atoms. The van der Waals surface area contributed by atoms with E-state index in [2.05, 4.69) is 15.4 Å². The fraction of sp³-hybridized carbons (Fsp3) is 0.778. The molecule has 1 aromatic rings. The van der Waals surface area contributed by atoms with Gasteiger partial charge >= 0.3 is 0 Å². The van der Waals surface area contributed by atoms with Crippen LogP contribution in [0, 0.1) is 5.41 Å². The molecule has 0 atom stereocenters. The van der Waals surface area contributed by atoms with E-state index in [1.54, 1.807) is 0 Å². The van der Waals surface area contributed by atoms with Crippen molar-refractivity contribution < 1.29 is 0 Å². The minimum absolute atomic E-state index is 0.779. The molecular formula is C9H13N3S. The first-order valence-electron chi connectivity index (χ1n) is 4.89. The third-order valence-electron chi connectivity index (χ3n) is 3.42. The van der Waals surface area contributed by atoms with Crippen molar-refractivity contribution >= 4 is 11.8 Å². The van der Waals surface area contributed by atoms with Crippen LogP contribution in [0.2, 0.25) is 0 Å². The van der Waals surface area contributed by atoms with E-state index in [0.717, 1.165) is 15.7 Å². The minimum Gasteiger partial charge on any atom is -0.197 e. The second-order valence-corrected chi connectivity index (χ2v) is 5.63. The summed E-state index contributed by atoms with van der Waals surface area (Å²) in [7, 11) is 0. The lowest BCUT2D eigenvalue weighted by molar-refractivity contribution is 0.0381. The number of hydrogen-bond acceptors (Lipinski definition) is 3. The summed E-state index contributed by atoms with van der Waals surface area (Å²) in [6, 6.07) is 0. The van der Waals surface area contributed by atoms with Gasteiger partial charge in [0.15, 0.2) is 0 Å². The standard InChI is InChI=1S/C9H13N3S/c1-2-9(3-1)4-7(5-9)13-8-6-10-12-11-8/h6-7H,1-5H2,(H,10,11,12). The third-order valence-corrected chi connectivity index (χ3v) is 4.52. The zero-order valence-corrected chi connectivity index (χ0v) is 8.31. The highest BCUT2D eigenvalue weighted by atomic mass is 32.2. The van der Waals surface area contributed by atoms with E-state index in [9.17, 15) is 0 Å². The SMILES string of the molecule is c1n[nH]nc1SC1CC2(CCC2)C1. The molecule has 0 amide bonds. The van der Waals surface area contributed by atoms with Crippen molar-refractivity contribution in [1.29, 1.82) is 0 Å². The van der Waals surface area contributed by atoms with Gasteiger partial charge in [0.25, 0.3) is 0 Å². The summed E-state index contributed by atoms with van der Waals surface area (Å²) in [5.74, 6) is 0. The number of rotatable bonds is 2. The first-order chi connectivity index (χ1) is 6.36. The van der Waals surface area contributed by atoms with Crippen LogP contribution in [0.25, 0.3) is 0 Å². The average Bonchev–Trinajstić information content (AvgIpc) is 2.43. The van der Waals surface area contributed by atoms with E-state index >= 15 is 0 Å². The molecule has 0 aromatic carbocycles. The van der Waals surface area contributed by atoms with Crippen molar-refractivity contribution in [2.45, 2.75) is 42.4 Å². The van der Waals surface area contributed by atoms with Crippen LogP contribution in [0.1, 0.15) is 32.1 Å². The number of thioether (sulfide) groups is 1. The predicted molar refractivity (Wildman–Crippen MR) is 51.5 cm³/mol. The Morgan fingerprint density at radius 1 is 1.46 bits per heavy atom. The Kier molecular flexibility index (Phi) is 1.65. The van der Waals surface area contributed by atoms with Gasteiger partial charge in [-0.2, -0.15) is 10.3 Å². The summed E-state index contributed by atoms with van der Waals surface area (Å²) >= 11 is 1.88. The van der Waals surface area contributed by atoms with Gasteiger partial charge in [0.05, 0.1) is 6.20 Å².